The molecule has 1 heterocycles. The summed E-state index contributed by atoms with van der Waals surface area (Å²) in [5.41, 5.74) is 2.04. The lowest BCUT2D eigenvalue weighted by molar-refractivity contribution is 0.416. The van der Waals surface area contributed by atoms with Crippen LogP contribution in [0.3, 0.4) is 0 Å². The number of H-pyrrole nitrogens is 1. The summed E-state index contributed by atoms with van der Waals surface area (Å²) >= 11 is 7.54. The zero-order valence-electron chi connectivity index (χ0n) is 11.9. The van der Waals surface area contributed by atoms with Crippen LogP contribution in [0.4, 0.5) is 0 Å². The molecule has 0 aliphatic heterocycles. The fourth-order valence-corrected chi connectivity index (χ4v) is 3.00. The van der Waals surface area contributed by atoms with E-state index in [1.54, 1.807) is 18.9 Å². The van der Waals surface area contributed by atoms with Gasteiger partial charge in [0.25, 0.3) is 0 Å². The van der Waals surface area contributed by atoms with Crippen LogP contribution in [0.2, 0.25) is 5.02 Å². The van der Waals surface area contributed by atoms with Gasteiger partial charge in [0.15, 0.2) is 5.82 Å². The molecule has 4 nitrogen and oxygen atoms in total. The summed E-state index contributed by atoms with van der Waals surface area (Å²) in [7, 11) is 1.64. The van der Waals surface area contributed by atoms with Crippen molar-refractivity contribution >= 4 is 23.4 Å². The van der Waals surface area contributed by atoms with Crippen LogP contribution in [-0.2, 0) is 5.75 Å². The topological polar surface area (TPSA) is 50.8 Å². The number of aromatic amines is 1. The number of aromatic nitrogens is 3. The average molecular weight is 332 g/mol. The molecule has 1 aromatic heterocycles. The Morgan fingerprint density at radius 3 is 2.86 bits per heavy atom. The number of rotatable bonds is 5. The minimum Gasteiger partial charge on any atom is -0.496 e. The lowest BCUT2D eigenvalue weighted by Crippen LogP contribution is -1.88. The molecule has 22 heavy (non-hydrogen) atoms. The van der Waals surface area contributed by atoms with E-state index in [4.69, 9.17) is 16.3 Å². The largest absolute Gasteiger partial charge is 0.496 e. The number of halogens is 1. The van der Waals surface area contributed by atoms with Gasteiger partial charge in [0.1, 0.15) is 5.75 Å². The number of ether oxygens (including phenoxy) is 1. The van der Waals surface area contributed by atoms with E-state index >= 15 is 0 Å². The third kappa shape index (κ3) is 3.43. The summed E-state index contributed by atoms with van der Waals surface area (Å²) in [4.78, 5) is 4.51. The van der Waals surface area contributed by atoms with Crippen molar-refractivity contribution < 1.29 is 4.74 Å². The van der Waals surface area contributed by atoms with E-state index in [9.17, 15) is 0 Å². The molecule has 0 radical (unpaired) electrons. The van der Waals surface area contributed by atoms with Crippen LogP contribution in [0.1, 0.15) is 5.56 Å². The first kappa shape index (κ1) is 14.9. The predicted molar refractivity (Wildman–Crippen MR) is 89.4 cm³/mol. The average Bonchev–Trinajstić information content (AvgIpc) is 3.02. The maximum Gasteiger partial charge on any atom is 0.209 e. The SMILES string of the molecule is COc1ccccc1-c1nc(SCc2cccc(Cl)c2)n[nH]1. The van der Waals surface area contributed by atoms with Gasteiger partial charge in [-0.3, -0.25) is 5.10 Å². The highest BCUT2D eigenvalue weighted by Crippen LogP contribution is 2.28. The summed E-state index contributed by atoms with van der Waals surface area (Å²) in [5.74, 6) is 2.24. The molecule has 0 aliphatic rings. The lowest BCUT2D eigenvalue weighted by Gasteiger charge is -2.04. The number of nitrogens with one attached hydrogen (secondary N) is 1. The number of benzene rings is 2. The van der Waals surface area contributed by atoms with Crippen LogP contribution in [0.25, 0.3) is 11.4 Å². The first-order valence-electron chi connectivity index (χ1n) is 6.69. The van der Waals surface area contributed by atoms with Gasteiger partial charge in [0, 0.05) is 10.8 Å². The Bertz CT molecular complexity index is 775. The van der Waals surface area contributed by atoms with Crippen molar-refractivity contribution in [1.82, 2.24) is 15.2 Å². The quantitative estimate of drug-likeness (QED) is 0.703. The summed E-state index contributed by atoms with van der Waals surface area (Å²) in [6.45, 7) is 0. The number of methoxy groups -OCH3 is 1. The van der Waals surface area contributed by atoms with Crippen LogP contribution >= 0.6 is 23.4 Å². The Balaban J connectivity index is 1.74. The van der Waals surface area contributed by atoms with Gasteiger partial charge in [-0.2, -0.15) is 0 Å². The summed E-state index contributed by atoms with van der Waals surface area (Å²) < 4.78 is 5.34. The third-order valence-corrected chi connectivity index (χ3v) is 4.24. The molecule has 0 fully saturated rings. The van der Waals surface area contributed by atoms with E-state index in [1.807, 2.05) is 48.5 Å². The number of para-hydroxylation sites is 1. The summed E-state index contributed by atoms with van der Waals surface area (Å²) in [5, 5.41) is 8.63. The van der Waals surface area contributed by atoms with Crippen molar-refractivity contribution in [2.45, 2.75) is 10.9 Å². The fourth-order valence-electron chi connectivity index (χ4n) is 2.05. The standard InChI is InChI=1S/C16H14ClN3OS/c1-21-14-8-3-2-7-13(14)15-18-16(20-19-15)22-10-11-5-4-6-12(17)9-11/h2-9H,10H2,1H3,(H,18,19,20). The molecule has 0 saturated carbocycles. The second-order valence-corrected chi connectivity index (χ2v) is 5.96. The normalized spacial score (nSPS) is 10.6. The van der Waals surface area contributed by atoms with Gasteiger partial charge < -0.3 is 4.74 Å². The van der Waals surface area contributed by atoms with E-state index in [2.05, 4.69) is 15.2 Å². The second kappa shape index (κ2) is 6.85. The summed E-state index contributed by atoms with van der Waals surface area (Å²) in [6, 6.07) is 15.5. The van der Waals surface area contributed by atoms with Gasteiger partial charge in [-0.15, -0.1) is 5.10 Å². The Kier molecular flexibility index (Phi) is 4.65. The zero-order chi connectivity index (χ0) is 15.4. The molecule has 3 aromatic rings. The molecule has 112 valence electrons. The van der Waals surface area contributed by atoms with Crippen LogP contribution in [0.15, 0.2) is 53.7 Å². The van der Waals surface area contributed by atoms with Crippen LogP contribution in [0.5, 0.6) is 5.75 Å². The monoisotopic (exact) mass is 331 g/mol. The highest BCUT2D eigenvalue weighted by atomic mass is 35.5. The molecule has 3 rings (SSSR count). The van der Waals surface area contributed by atoms with Gasteiger partial charge in [0.2, 0.25) is 5.16 Å². The molecule has 0 saturated heterocycles. The molecule has 0 spiro atoms. The van der Waals surface area contributed by atoms with Crippen molar-refractivity contribution in [2.24, 2.45) is 0 Å². The maximum atomic E-state index is 5.98. The first-order valence-corrected chi connectivity index (χ1v) is 8.05. The number of thioether (sulfide) groups is 1. The lowest BCUT2D eigenvalue weighted by atomic mass is 10.2. The van der Waals surface area contributed by atoms with Gasteiger partial charge in [-0.05, 0) is 29.8 Å². The van der Waals surface area contributed by atoms with Crippen LogP contribution in [-0.4, -0.2) is 22.3 Å². The van der Waals surface area contributed by atoms with E-state index in [-0.39, 0.29) is 0 Å². The molecule has 0 amide bonds. The molecule has 6 heteroatoms. The Labute approximate surface area is 137 Å². The third-order valence-electron chi connectivity index (χ3n) is 3.08. The van der Waals surface area contributed by atoms with Crippen molar-refractivity contribution in [3.8, 4) is 17.1 Å². The first-order chi connectivity index (χ1) is 10.8. The highest BCUT2D eigenvalue weighted by molar-refractivity contribution is 7.98. The molecule has 0 unspecified atom stereocenters. The van der Waals surface area contributed by atoms with Crippen molar-refractivity contribution in [3.63, 3.8) is 0 Å². The Morgan fingerprint density at radius 1 is 1.18 bits per heavy atom. The van der Waals surface area contributed by atoms with E-state index in [0.29, 0.717) is 11.0 Å². The Morgan fingerprint density at radius 2 is 2.05 bits per heavy atom. The van der Waals surface area contributed by atoms with Gasteiger partial charge in [-0.1, -0.05) is 47.6 Å². The van der Waals surface area contributed by atoms with Crippen molar-refractivity contribution in [3.05, 3.63) is 59.1 Å². The highest BCUT2D eigenvalue weighted by Gasteiger charge is 2.10. The maximum absolute atomic E-state index is 5.98. The molecule has 0 aliphatic carbocycles. The number of hydrogen-bond acceptors (Lipinski definition) is 4. The van der Waals surface area contributed by atoms with Crippen molar-refractivity contribution in [1.29, 1.82) is 0 Å². The number of nitrogens with zero attached hydrogens (tertiary/aromatic N) is 2. The predicted octanol–water partition coefficient (Wildman–Crippen LogP) is 4.43. The van der Waals surface area contributed by atoms with Crippen LogP contribution < -0.4 is 4.74 Å². The molecule has 2 aromatic carbocycles. The molecular formula is C16H14ClN3OS. The molecule has 0 atom stereocenters. The van der Waals surface area contributed by atoms with Crippen molar-refractivity contribution in [2.75, 3.05) is 7.11 Å². The van der Waals surface area contributed by atoms with Gasteiger partial charge >= 0.3 is 0 Å². The van der Waals surface area contributed by atoms with Gasteiger partial charge in [-0.25, -0.2) is 4.98 Å². The molecule has 0 bridgehead atoms. The number of hydrogen-bond donors (Lipinski definition) is 1. The zero-order valence-corrected chi connectivity index (χ0v) is 13.5. The van der Waals surface area contributed by atoms with E-state index in [0.717, 1.165) is 27.7 Å². The molecule has 1 N–H and O–H groups in total. The smallest absolute Gasteiger partial charge is 0.209 e. The van der Waals surface area contributed by atoms with E-state index < -0.39 is 0 Å². The van der Waals surface area contributed by atoms with Gasteiger partial charge in [0.05, 0.1) is 12.7 Å². The second-order valence-electron chi connectivity index (χ2n) is 4.59. The van der Waals surface area contributed by atoms with E-state index in [1.165, 1.54) is 0 Å². The Hall–Kier alpha value is -1.98. The minimum atomic E-state index is 0.695. The fraction of sp³-hybridized carbons (Fsp3) is 0.125. The minimum absolute atomic E-state index is 0.695. The van der Waals surface area contributed by atoms with Crippen LogP contribution in [0, 0.1) is 0 Å². The summed E-state index contributed by atoms with van der Waals surface area (Å²) in [6.07, 6.45) is 0. The molecular weight excluding hydrogens is 318 g/mol.